The minimum Gasteiger partial charge on any atom is -0.484 e. The van der Waals surface area contributed by atoms with Crippen LogP contribution >= 0.6 is 0 Å². The lowest BCUT2D eigenvalue weighted by atomic mass is 10.1. The van der Waals surface area contributed by atoms with Gasteiger partial charge in [0.05, 0.1) is 0 Å². The summed E-state index contributed by atoms with van der Waals surface area (Å²) >= 11 is 0. The van der Waals surface area contributed by atoms with E-state index in [0.717, 1.165) is 24.0 Å². The minimum absolute atomic E-state index is 0.182. The fourth-order valence-corrected chi connectivity index (χ4v) is 2.85. The highest BCUT2D eigenvalue weighted by Gasteiger charge is 2.26. The highest BCUT2D eigenvalue weighted by atomic mass is 19.1. The van der Waals surface area contributed by atoms with Crippen LogP contribution in [0.5, 0.6) is 5.75 Å². The van der Waals surface area contributed by atoms with Crippen molar-refractivity contribution in [2.24, 2.45) is 0 Å². The van der Waals surface area contributed by atoms with Crippen molar-refractivity contribution in [3.05, 3.63) is 65.5 Å². The highest BCUT2D eigenvalue weighted by molar-refractivity contribution is 5.87. The fourth-order valence-electron chi connectivity index (χ4n) is 2.85. The second-order valence-corrected chi connectivity index (χ2v) is 7.02. The topological polar surface area (TPSA) is 58.6 Å². The Bertz CT molecular complexity index is 808. The molecule has 1 N–H and O–H groups in total. The number of hydrogen-bond donors (Lipinski definition) is 1. The molecule has 0 unspecified atom stereocenters. The largest absolute Gasteiger partial charge is 0.484 e. The fraction of sp³-hybridized carbons (Fsp3) is 0.391. The summed E-state index contributed by atoms with van der Waals surface area (Å²) in [5.74, 6) is -0.247. The number of unbranched alkanes of at least 4 members (excludes halogenated alkanes) is 1. The van der Waals surface area contributed by atoms with Gasteiger partial charge in [-0.15, -0.1) is 0 Å². The smallest absolute Gasteiger partial charge is 0.261 e. The molecule has 0 saturated carbocycles. The molecule has 0 heterocycles. The lowest BCUT2D eigenvalue weighted by Crippen LogP contribution is -2.49. The Kier molecular flexibility index (Phi) is 8.65. The van der Waals surface area contributed by atoms with Gasteiger partial charge in [-0.25, -0.2) is 4.39 Å². The standard InChI is InChI=1S/C23H29FN2O3/c1-4-5-14-25-23(28)18(3)26(15-19-10-12-20(24)13-11-19)22(27)16-29-21-9-7-6-8-17(21)2/h6-13,18H,4-5,14-16H2,1-3H3,(H,25,28)/t18-/m0/s1. The maximum absolute atomic E-state index is 13.2. The molecule has 0 bridgehead atoms. The van der Waals surface area contributed by atoms with Gasteiger partial charge < -0.3 is 15.0 Å². The van der Waals surface area contributed by atoms with E-state index >= 15 is 0 Å². The number of para-hydroxylation sites is 1. The van der Waals surface area contributed by atoms with Crippen LogP contribution < -0.4 is 10.1 Å². The summed E-state index contributed by atoms with van der Waals surface area (Å²) in [5, 5.41) is 2.86. The molecule has 1 atom stereocenters. The van der Waals surface area contributed by atoms with Gasteiger partial charge in [0.1, 0.15) is 17.6 Å². The number of hydrogen-bond acceptors (Lipinski definition) is 3. The van der Waals surface area contributed by atoms with Crippen molar-refractivity contribution < 1.29 is 18.7 Å². The van der Waals surface area contributed by atoms with Crippen LogP contribution in [0, 0.1) is 12.7 Å². The van der Waals surface area contributed by atoms with E-state index < -0.39 is 6.04 Å². The van der Waals surface area contributed by atoms with E-state index in [1.165, 1.54) is 17.0 Å². The summed E-state index contributed by atoms with van der Waals surface area (Å²) in [6, 6.07) is 12.7. The van der Waals surface area contributed by atoms with Gasteiger partial charge in [-0.1, -0.05) is 43.7 Å². The summed E-state index contributed by atoms with van der Waals surface area (Å²) in [7, 11) is 0. The van der Waals surface area contributed by atoms with Crippen LogP contribution in [0.3, 0.4) is 0 Å². The molecule has 0 radical (unpaired) electrons. The van der Waals surface area contributed by atoms with Crippen molar-refractivity contribution >= 4 is 11.8 Å². The van der Waals surface area contributed by atoms with Crippen LogP contribution in [-0.2, 0) is 16.1 Å². The van der Waals surface area contributed by atoms with Crippen molar-refractivity contribution in [1.82, 2.24) is 10.2 Å². The number of carbonyl (C=O) groups excluding carboxylic acids is 2. The van der Waals surface area contributed by atoms with Crippen LogP contribution in [0.15, 0.2) is 48.5 Å². The van der Waals surface area contributed by atoms with E-state index in [0.29, 0.717) is 12.3 Å². The van der Waals surface area contributed by atoms with Gasteiger partial charge >= 0.3 is 0 Å². The number of aryl methyl sites for hydroxylation is 1. The summed E-state index contributed by atoms with van der Waals surface area (Å²) in [6.07, 6.45) is 1.85. The quantitative estimate of drug-likeness (QED) is 0.617. The first-order valence-electron chi connectivity index (χ1n) is 9.92. The highest BCUT2D eigenvalue weighted by Crippen LogP contribution is 2.17. The van der Waals surface area contributed by atoms with Gasteiger partial charge in [-0.05, 0) is 49.6 Å². The predicted molar refractivity (Wildman–Crippen MR) is 111 cm³/mol. The molecular formula is C23H29FN2O3. The van der Waals surface area contributed by atoms with Gasteiger partial charge in [0, 0.05) is 13.1 Å². The van der Waals surface area contributed by atoms with Crippen LogP contribution in [0.2, 0.25) is 0 Å². The van der Waals surface area contributed by atoms with Crippen molar-refractivity contribution in [2.75, 3.05) is 13.2 Å². The third-order valence-corrected chi connectivity index (χ3v) is 4.71. The third-order valence-electron chi connectivity index (χ3n) is 4.71. The summed E-state index contributed by atoms with van der Waals surface area (Å²) in [6.45, 7) is 6.22. The van der Waals surface area contributed by atoms with E-state index in [1.54, 1.807) is 25.1 Å². The molecule has 0 fully saturated rings. The monoisotopic (exact) mass is 400 g/mol. The second kappa shape index (κ2) is 11.2. The van der Waals surface area contributed by atoms with Crippen LogP contribution in [0.25, 0.3) is 0 Å². The molecule has 2 aromatic rings. The summed E-state index contributed by atoms with van der Waals surface area (Å²) in [5.41, 5.74) is 1.67. The molecule has 0 aliphatic rings. The van der Waals surface area contributed by atoms with E-state index in [9.17, 15) is 14.0 Å². The zero-order chi connectivity index (χ0) is 21.2. The lowest BCUT2D eigenvalue weighted by molar-refractivity contribution is -0.142. The van der Waals surface area contributed by atoms with Crippen LogP contribution in [0.1, 0.15) is 37.8 Å². The second-order valence-electron chi connectivity index (χ2n) is 7.02. The van der Waals surface area contributed by atoms with Crippen molar-refractivity contribution in [3.63, 3.8) is 0 Å². The Morgan fingerprint density at radius 3 is 2.48 bits per heavy atom. The molecule has 5 nitrogen and oxygen atoms in total. The van der Waals surface area contributed by atoms with Gasteiger partial charge in [-0.3, -0.25) is 9.59 Å². The molecule has 2 amide bonds. The Morgan fingerprint density at radius 1 is 1.14 bits per heavy atom. The molecule has 0 aromatic heterocycles. The maximum atomic E-state index is 13.2. The normalized spacial score (nSPS) is 11.6. The molecule has 6 heteroatoms. The molecule has 2 rings (SSSR count). The Hall–Kier alpha value is -2.89. The Labute approximate surface area is 171 Å². The number of benzene rings is 2. The first-order valence-corrected chi connectivity index (χ1v) is 9.92. The predicted octanol–water partition coefficient (Wildman–Crippen LogP) is 3.85. The molecule has 0 aliphatic heterocycles. The van der Waals surface area contributed by atoms with E-state index in [2.05, 4.69) is 5.32 Å². The lowest BCUT2D eigenvalue weighted by Gasteiger charge is -2.29. The number of nitrogens with zero attached hydrogens (tertiary/aromatic N) is 1. The number of rotatable bonds is 10. The SMILES string of the molecule is CCCCNC(=O)[C@H](C)N(Cc1ccc(F)cc1)C(=O)COc1ccccc1C. The van der Waals surface area contributed by atoms with E-state index in [4.69, 9.17) is 4.74 Å². The van der Waals surface area contributed by atoms with Gasteiger partial charge in [0.15, 0.2) is 6.61 Å². The van der Waals surface area contributed by atoms with E-state index in [-0.39, 0.29) is 30.8 Å². The van der Waals surface area contributed by atoms with Gasteiger partial charge in [0.2, 0.25) is 5.91 Å². The van der Waals surface area contributed by atoms with Gasteiger partial charge in [0.25, 0.3) is 5.91 Å². The first-order chi connectivity index (χ1) is 13.9. The maximum Gasteiger partial charge on any atom is 0.261 e. The number of carbonyl (C=O) groups is 2. The van der Waals surface area contributed by atoms with Gasteiger partial charge in [-0.2, -0.15) is 0 Å². The summed E-state index contributed by atoms with van der Waals surface area (Å²) < 4.78 is 18.9. The van der Waals surface area contributed by atoms with Crippen molar-refractivity contribution in [2.45, 2.75) is 46.2 Å². The average Bonchev–Trinajstić information content (AvgIpc) is 2.72. The molecule has 0 spiro atoms. The Balaban J connectivity index is 2.11. The zero-order valence-electron chi connectivity index (χ0n) is 17.3. The molecule has 2 aromatic carbocycles. The molecule has 29 heavy (non-hydrogen) atoms. The summed E-state index contributed by atoms with van der Waals surface area (Å²) in [4.78, 5) is 26.9. The average molecular weight is 400 g/mol. The molecule has 0 saturated heterocycles. The van der Waals surface area contributed by atoms with Crippen molar-refractivity contribution in [1.29, 1.82) is 0 Å². The minimum atomic E-state index is -0.676. The molecule has 0 aliphatic carbocycles. The number of ether oxygens (including phenoxy) is 1. The first kappa shape index (κ1) is 22.4. The zero-order valence-corrected chi connectivity index (χ0v) is 17.3. The van der Waals surface area contributed by atoms with Crippen LogP contribution in [-0.4, -0.2) is 35.9 Å². The Morgan fingerprint density at radius 2 is 1.83 bits per heavy atom. The third kappa shape index (κ3) is 6.89. The number of halogens is 1. The van der Waals surface area contributed by atoms with E-state index in [1.807, 2.05) is 32.0 Å². The molecule has 156 valence electrons. The van der Waals surface area contributed by atoms with Crippen LogP contribution in [0.4, 0.5) is 4.39 Å². The number of nitrogens with one attached hydrogen (secondary N) is 1. The van der Waals surface area contributed by atoms with Crippen molar-refractivity contribution in [3.8, 4) is 5.75 Å². The molecular weight excluding hydrogens is 371 g/mol. The number of amides is 2.